The molecule has 0 bridgehead atoms. The number of unbranched alkanes of at least 4 members (excludes halogenated alkanes) is 16. The van der Waals surface area contributed by atoms with Gasteiger partial charge >= 0.3 is 0 Å². The lowest BCUT2D eigenvalue weighted by atomic mass is 10.0. The van der Waals surface area contributed by atoms with Gasteiger partial charge in [0.05, 0.1) is 0 Å². The highest BCUT2D eigenvalue weighted by atomic mass is 16.1. The number of nitrogens with two attached hydrogens (primary N) is 1. The van der Waals surface area contributed by atoms with Gasteiger partial charge in [0.2, 0.25) is 0 Å². The molecular weight excluding hydrogens is 258 g/mol. The molecule has 0 aromatic rings. The highest BCUT2D eigenvalue weighted by Crippen LogP contribution is 2.13. The molecule has 0 saturated carbocycles. The lowest BCUT2D eigenvalue weighted by Gasteiger charge is -2.03. The van der Waals surface area contributed by atoms with Crippen molar-refractivity contribution in [1.29, 1.82) is 0 Å². The smallest absolute Gasteiger partial charge is 0.119 e. The molecule has 0 aromatic heterocycles. The zero-order valence-electron chi connectivity index (χ0n) is 14.3. The van der Waals surface area contributed by atoms with Crippen molar-refractivity contribution in [2.24, 2.45) is 5.73 Å². The Morgan fingerprint density at radius 1 is 0.476 bits per heavy atom. The van der Waals surface area contributed by atoms with Gasteiger partial charge in [-0.05, 0) is 19.4 Å². The molecule has 2 N–H and O–H groups in total. The molecule has 0 aliphatic heterocycles. The lowest BCUT2D eigenvalue weighted by Crippen LogP contribution is -1.97. The van der Waals surface area contributed by atoms with Crippen molar-refractivity contribution in [3.63, 3.8) is 0 Å². The van der Waals surface area contributed by atoms with E-state index in [0.717, 1.165) is 25.7 Å². The third-order valence-electron chi connectivity index (χ3n) is 4.28. The summed E-state index contributed by atoms with van der Waals surface area (Å²) in [4.78, 5) is 10.2. The van der Waals surface area contributed by atoms with Crippen LogP contribution in [0.3, 0.4) is 0 Å². The number of carbonyl (C=O) groups is 1. The van der Waals surface area contributed by atoms with Crippen molar-refractivity contribution in [2.75, 3.05) is 6.54 Å². The van der Waals surface area contributed by atoms with Gasteiger partial charge in [0.25, 0.3) is 0 Å². The SMILES string of the molecule is NCCCCCCCCCCCCCCCCCCC=O. The summed E-state index contributed by atoms with van der Waals surface area (Å²) in [6.45, 7) is 0.860. The largest absolute Gasteiger partial charge is 0.330 e. The maximum atomic E-state index is 10.2. The molecule has 0 atom stereocenters. The predicted octanol–water partition coefficient (Wildman–Crippen LogP) is 5.78. The summed E-state index contributed by atoms with van der Waals surface area (Å²) in [5.74, 6) is 0. The van der Waals surface area contributed by atoms with Crippen LogP contribution in [0.5, 0.6) is 0 Å². The van der Waals surface area contributed by atoms with Crippen molar-refractivity contribution < 1.29 is 4.79 Å². The molecule has 0 aliphatic rings. The van der Waals surface area contributed by atoms with Gasteiger partial charge in [0.15, 0.2) is 0 Å². The lowest BCUT2D eigenvalue weighted by molar-refractivity contribution is -0.107. The van der Waals surface area contributed by atoms with Crippen LogP contribution in [0.4, 0.5) is 0 Å². The van der Waals surface area contributed by atoms with Gasteiger partial charge in [-0.15, -0.1) is 0 Å². The van der Waals surface area contributed by atoms with E-state index in [1.54, 1.807) is 0 Å². The highest BCUT2D eigenvalue weighted by molar-refractivity contribution is 5.48. The van der Waals surface area contributed by atoms with Crippen molar-refractivity contribution in [3.8, 4) is 0 Å². The molecule has 21 heavy (non-hydrogen) atoms. The fourth-order valence-electron chi connectivity index (χ4n) is 2.85. The molecule has 126 valence electrons. The van der Waals surface area contributed by atoms with Gasteiger partial charge in [-0.1, -0.05) is 89.9 Å². The maximum Gasteiger partial charge on any atom is 0.119 e. The third-order valence-corrected chi connectivity index (χ3v) is 4.28. The van der Waals surface area contributed by atoms with Gasteiger partial charge in [-0.2, -0.15) is 0 Å². The normalized spacial score (nSPS) is 10.9. The second-order valence-electron chi connectivity index (χ2n) is 6.40. The number of carbonyl (C=O) groups excluding carboxylic acids is 1. The first-order chi connectivity index (χ1) is 10.4. The minimum absolute atomic E-state index is 0.757. The summed E-state index contributed by atoms with van der Waals surface area (Å²) in [7, 11) is 0. The average Bonchev–Trinajstić information content (AvgIpc) is 2.50. The van der Waals surface area contributed by atoms with E-state index in [-0.39, 0.29) is 0 Å². The third kappa shape index (κ3) is 19.6. The van der Waals surface area contributed by atoms with Gasteiger partial charge in [-0.3, -0.25) is 0 Å². The zero-order valence-corrected chi connectivity index (χ0v) is 14.3. The van der Waals surface area contributed by atoms with E-state index >= 15 is 0 Å². The molecule has 0 unspecified atom stereocenters. The minimum Gasteiger partial charge on any atom is -0.330 e. The number of rotatable bonds is 18. The van der Waals surface area contributed by atoms with Crippen LogP contribution < -0.4 is 5.73 Å². The summed E-state index contributed by atoms with van der Waals surface area (Å²) in [5, 5.41) is 0. The Bertz CT molecular complexity index is 194. The summed E-state index contributed by atoms with van der Waals surface area (Å²) in [6, 6.07) is 0. The van der Waals surface area contributed by atoms with Crippen molar-refractivity contribution in [3.05, 3.63) is 0 Å². The molecule has 0 saturated heterocycles. The molecule has 0 heterocycles. The van der Waals surface area contributed by atoms with Crippen LogP contribution in [0.25, 0.3) is 0 Å². The van der Waals surface area contributed by atoms with Crippen LogP contribution in [0.1, 0.15) is 109 Å². The van der Waals surface area contributed by atoms with E-state index in [1.807, 2.05) is 0 Å². The first kappa shape index (κ1) is 20.6. The Hall–Kier alpha value is -0.370. The van der Waals surface area contributed by atoms with E-state index in [4.69, 9.17) is 5.73 Å². The highest BCUT2D eigenvalue weighted by Gasteiger charge is 1.94. The molecule has 0 aromatic carbocycles. The minimum atomic E-state index is 0.757. The molecule has 0 spiro atoms. The van der Waals surface area contributed by atoms with Crippen molar-refractivity contribution >= 4 is 6.29 Å². The molecule has 2 heteroatoms. The van der Waals surface area contributed by atoms with Crippen LogP contribution in [0, 0.1) is 0 Å². The molecule has 0 radical (unpaired) electrons. The van der Waals surface area contributed by atoms with Crippen molar-refractivity contribution in [2.45, 2.75) is 109 Å². The van der Waals surface area contributed by atoms with Crippen LogP contribution in [-0.4, -0.2) is 12.8 Å². The number of hydrogen-bond acceptors (Lipinski definition) is 2. The fraction of sp³-hybridized carbons (Fsp3) is 0.947. The van der Waals surface area contributed by atoms with Crippen LogP contribution >= 0.6 is 0 Å². The van der Waals surface area contributed by atoms with Crippen LogP contribution in [0.15, 0.2) is 0 Å². The van der Waals surface area contributed by atoms with Crippen LogP contribution in [0.2, 0.25) is 0 Å². The summed E-state index contributed by atoms with van der Waals surface area (Å²) < 4.78 is 0. The quantitative estimate of drug-likeness (QED) is 0.257. The Kier molecular flexibility index (Phi) is 19.3. The molecule has 0 aliphatic carbocycles. The zero-order chi connectivity index (χ0) is 15.4. The van der Waals surface area contributed by atoms with E-state index in [2.05, 4.69) is 0 Å². The number of hydrogen-bond donors (Lipinski definition) is 1. The van der Waals surface area contributed by atoms with E-state index in [0.29, 0.717) is 0 Å². The summed E-state index contributed by atoms with van der Waals surface area (Å²) in [5.41, 5.74) is 5.48. The topological polar surface area (TPSA) is 43.1 Å². The molecule has 0 fully saturated rings. The van der Waals surface area contributed by atoms with E-state index in [9.17, 15) is 4.79 Å². The summed E-state index contributed by atoms with van der Waals surface area (Å²) >= 11 is 0. The molecule has 0 amide bonds. The summed E-state index contributed by atoms with van der Waals surface area (Å²) in [6.07, 6.45) is 23.5. The Labute approximate surface area is 133 Å². The average molecular weight is 298 g/mol. The molecule has 0 rings (SSSR count). The Balaban J connectivity index is 2.91. The first-order valence-electron chi connectivity index (χ1n) is 9.55. The maximum absolute atomic E-state index is 10.2. The molecule has 2 nitrogen and oxygen atoms in total. The molecular formula is C19H39NO. The van der Waals surface area contributed by atoms with Gasteiger partial charge in [-0.25, -0.2) is 0 Å². The van der Waals surface area contributed by atoms with Crippen molar-refractivity contribution in [1.82, 2.24) is 0 Å². The standard InChI is InChI=1S/C19H39NO/c20-18-16-14-12-10-8-6-4-2-1-3-5-7-9-11-13-15-17-19-21/h19H,1-18,20H2. The monoisotopic (exact) mass is 297 g/mol. The Morgan fingerprint density at radius 3 is 1.05 bits per heavy atom. The van der Waals surface area contributed by atoms with Crippen LogP contribution in [-0.2, 0) is 4.79 Å². The predicted molar refractivity (Wildman–Crippen MR) is 93.6 cm³/mol. The van der Waals surface area contributed by atoms with Gasteiger partial charge < -0.3 is 10.5 Å². The first-order valence-corrected chi connectivity index (χ1v) is 9.55. The van der Waals surface area contributed by atoms with Gasteiger partial charge in [0.1, 0.15) is 6.29 Å². The Morgan fingerprint density at radius 2 is 0.762 bits per heavy atom. The fourth-order valence-corrected chi connectivity index (χ4v) is 2.85. The van der Waals surface area contributed by atoms with Gasteiger partial charge in [0, 0.05) is 6.42 Å². The number of aldehydes is 1. The second kappa shape index (κ2) is 19.6. The van der Waals surface area contributed by atoms with E-state index < -0.39 is 0 Å². The van der Waals surface area contributed by atoms with E-state index in [1.165, 1.54) is 96.3 Å². The second-order valence-corrected chi connectivity index (χ2v) is 6.40.